The Morgan fingerprint density at radius 3 is 2.28 bits per heavy atom. The fourth-order valence-corrected chi connectivity index (χ4v) is 3.54. The zero-order chi connectivity index (χ0) is 23.5. The maximum absolute atomic E-state index is 11.8. The molecule has 3 rings (SSSR count). The molecule has 0 saturated heterocycles. The topological polar surface area (TPSA) is 82.7 Å². The number of nitrogens with one attached hydrogen (secondary N) is 3. The maximum atomic E-state index is 11.8. The van der Waals surface area contributed by atoms with Gasteiger partial charge in [0.05, 0.1) is 17.2 Å². The first-order chi connectivity index (χ1) is 15.3. The molecule has 1 saturated carbocycles. The van der Waals surface area contributed by atoms with Gasteiger partial charge in [0, 0.05) is 24.5 Å². The van der Waals surface area contributed by atoms with Crippen molar-refractivity contribution in [3.05, 3.63) is 58.6 Å². The van der Waals surface area contributed by atoms with Crippen molar-refractivity contribution in [2.24, 2.45) is 5.92 Å². The van der Waals surface area contributed by atoms with Crippen molar-refractivity contribution in [1.29, 1.82) is 0 Å². The minimum absolute atomic E-state index is 0.0880. The molecule has 0 radical (unpaired) electrons. The van der Waals surface area contributed by atoms with E-state index in [1.165, 1.54) is 33.4 Å². The highest BCUT2D eigenvalue weighted by atomic mass is 35.5. The van der Waals surface area contributed by atoms with Crippen molar-refractivity contribution in [2.45, 2.75) is 38.6 Å². The normalized spacial score (nSPS) is 17.4. The van der Waals surface area contributed by atoms with E-state index >= 15 is 0 Å². The Kier molecular flexibility index (Phi) is 10.6. The summed E-state index contributed by atoms with van der Waals surface area (Å²) in [6.45, 7) is 2.21. The molecular formula is C23H30Cl2N4O3. The van der Waals surface area contributed by atoms with E-state index in [9.17, 15) is 9.59 Å². The highest BCUT2D eigenvalue weighted by Crippen LogP contribution is 2.25. The van der Waals surface area contributed by atoms with Gasteiger partial charge in [0.15, 0.2) is 0 Å². The summed E-state index contributed by atoms with van der Waals surface area (Å²) in [5.74, 6) is 0.588. The number of hydrogen-bond acceptors (Lipinski definition) is 3. The van der Waals surface area contributed by atoms with Gasteiger partial charge in [0.1, 0.15) is 0 Å². The van der Waals surface area contributed by atoms with Crippen LogP contribution in [-0.4, -0.2) is 37.3 Å². The van der Waals surface area contributed by atoms with Crippen LogP contribution in [0.1, 0.15) is 32.6 Å². The number of carbonyl (C=O) groups is 2. The molecule has 3 N–H and O–H groups in total. The van der Waals surface area contributed by atoms with Crippen LogP contribution < -0.4 is 16.0 Å². The Morgan fingerprint density at radius 2 is 1.66 bits per heavy atom. The van der Waals surface area contributed by atoms with Crippen LogP contribution in [0.25, 0.3) is 0 Å². The van der Waals surface area contributed by atoms with Gasteiger partial charge in [-0.25, -0.2) is 14.7 Å². The van der Waals surface area contributed by atoms with Crippen molar-refractivity contribution in [1.82, 2.24) is 10.4 Å². The lowest BCUT2D eigenvalue weighted by atomic mass is 9.86. The molecule has 174 valence electrons. The van der Waals surface area contributed by atoms with E-state index in [-0.39, 0.29) is 6.03 Å². The van der Waals surface area contributed by atoms with E-state index in [1.807, 2.05) is 30.3 Å². The van der Waals surface area contributed by atoms with Gasteiger partial charge >= 0.3 is 12.1 Å². The molecule has 1 aliphatic rings. The predicted molar refractivity (Wildman–Crippen MR) is 130 cm³/mol. The lowest BCUT2D eigenvalue weighted by Gasteiger charge is -2.29. The molecule has 9 heteroatoms. The zero-order valence-corrected chi connectivity index (χ0v) is 20.0. The predicted octanol–water partition coefficient (Wildman–Crippen LogP) is 6.41. The molecule has 0 aliphatic heterocycles. The number of benzene rings is 2. The fraction of sp³-hybridized carbons (Fsp3) is 0.391. The van der Waals surface area contributed by atoms with Crippen LogP contribution in [0.15, 0.2) is 48.5 Å². The summed E-state index contributed by atoms with van der Waals surface area (Å²) < 4.78 is 0. The van der Waals surface area contributed by atoms with Crippen LogP contribution in [0.4, 0.5) is 21.0 Å². The van der Waals surface area contributed by atoms with E-state index in [2.05, 4.69) is 22.9 Å². The summed E-state index contributed by atoms with van der Waals surface area (Å²) in [5, 5.41) is 10.4. The third-order valence-corrected chi connectivity index (χ3v) is 5.93. The highest BCUT2D eigenvalue weighted by molar-refractivity contribution is 6.42. The van der Waals surface area contributed by atoms with Crippen molar-refractivity contribution in [3.8, 4) is 0 Å². The molecule has 7 nitrogen and oxygen atoms in total. The number of halogens is 2. The van der Waals surface area contributed by atoms with Gasteiger partial charge in [-0.3, -0.25) is 4.84 Å². The van der Waals surface area contributed by atoms with Gasteiger partial charge in [0.25, 0.3) is 0 Å². The van der Waals surface area contributed by atoms with E-state index in [0.717, 1.165) is 17.2 Å². The molecule has 0 spiro atoms. The molecule has 2 aromatic rings. The summed E-state index contributed by atoms with van der Waals surface area (Å²) in [4.78, 5) is 27.9. The highest BCUT2D eigenvalue weighted by Gasteiger charge is 2.22. The maximum Gasteiger partial charge on any atom is 0.345 e. The Morgan fingerprint density at radius 1 is 0.969 bits per heavy atom. The average molecular weight is 481 g/mol. The van der Waals surface area contributed by atoms with Gasteiger partial charge in [-0.05, 0) is 49.1 Å². The molecule has 0 bridgehead atoms. The van der Waals surface area contributed by atoms with Gasteiger partial charge < -0.3 is 16.0 Å². The van der Waals surface area contributed by atoms with Crippen LogP contribution in [0.2, 0.25) is 10.0 Å². The first-order valence-corrected chi connectivity index (χ1v) is 11.2. The second-order valence-corrected chi connectivity index (χ2v) is 8.39. The first-order valence-electron chi connectivity index (χ1n) is 10.5. The second kappa shape index (κ2) is 13.2. The number of anilines is 2. The van der Waals surface area contributed by atoms with E-state index in [1.54, 1.807) is 18.2 Å². The smallest absolute Gasteiger partial charge is 0.335 e. The SMILES string of the molecule is CC1CCCCC1NC(=O)Nc1ccccc1.CON(C)C(=O)Nc1ccc(Cl)c(Cl)c1. The van der Waals surface area contributed by atoms with Crippen molar-refractivity contribution >= 4 is 46.6 Å². The Balaban J connectivity index is 0.000000229. The Labute approximate surface area is 199 Å². The Hall–Kier alpha value is -2.48. The first kappa shape index (κ1) is 25.8. The number of rotatable bonds is 4. The molecule has 2 aromatic carbocycles. The number of hydroxylamine groups is 2. The summed E-state index contributed by atoms with van der Waals surface area (Å²) in [5.41, 5.74) is 1.40. The van der Waals surface area contributed by atoms with Crippen molar-refractivity contribution in [2.75, 3.05) is 24.8 Å². The van der Waals surface area contributed by atoms with E-state index in [0.29, 0.717) is 27.7 Å². The molecule has 4 amide bonds. The molecule has 1 fully saturated rings. The minimum Gasteiger partial charge on any atom is -0.335 e. The number of carbonyl (C=O) groups excluding carboxylic acids is 2. The van der Waals surface area contributed by atoms with Gasteiger partial charge in [-0.1, -0.05) is 61.2 Å². The molecule has 2 unspecified atom stereocenters. The third-order valence-electron chi connectivity index (χ3n) is 5.19. The lowest BCUT2D eigenvalue weighted by Crippen LogP contribution is -2.43. The summed E-state index contributed by atoms with van der Waals surface area (Å²) in [6, 6.07) is 14.2. The number of urea groups is 2. The fourth-order valence-electron chi connectivity index (χ4n) is 3.25. The number of hydrogen-bond donors (Lipinski definition) is 3. The summed E-state index contributed by atoms with van der Waals surface area (Å²) in [6.07, 6.45) is 4.83. The van der Waals surface area contributed by atoms with E-state index < -0.39 is 6.03 Å². The number of para-hydroxylation sites is 1. The second-order valence-electron chi connectivity index (χ2n) is 7.57. The van der Waals surface area contributed by atoms with Crippen molar-refractivity contribution in [3.63, 3.8) is 0 Å². The molecule has 1 aliphatic carbocycles. The standard InChI is InChI=1S/C14H20N2O.C9H10Cl2N2O2/c1-11-7-5-6-10-13(11)16-14(17)15-12-8-3-2-4-9-12;1-13(15-2)9(14)12-6-3-4-7(10)8(11)5-6/h2-4,8-9,11,13H,5-7,10H2,1H3,(H2,15,16,17);3-5H,1-2H3,(H,12,14). The molecular weight excluding hydrogens is 451 g/mol. The van der Waals surface area contributed by atoms with E-state index in [4.69, 9.17) is 28.0 Å². The molecule has 32 heavy (non-hydrogen) atoms. The zero-order valence-electron chi connectivity index (χ0n) is 18.5. The quantitative estimate of drug-likeness (QED) is 0.442. The van der Waals surface area contributed by atoms with Crippen molar-refractivity contribution < 1.29 is 14.4 Å². The van der Waals surface area contributed by atoms with Gasteiger partial charge in [0.2, 0.25) is 0 Å². The number of nitrogens with zero attached hydrogens (tertiary/aromatic N) is 1. The van der Waals surface area contributed by atoms with Crippen LogP contribution in [0.3, 0.4) is 0 Å². The summed E-state index contributed by atoms with van der Waals surface area (Å²) in [7, 11) is 2.89. The Bertz CT molecular complexity index is 883. The van der Waals surface area contributed by atoms with Crippen LogP contribution in [-0.2, 0) is 4.84 Å². The monoisotopic (exact) mass is 480 g/mol. The third kappa shape index (κ3) is 8.57. The number of amides is 4. The molecule has 0 aromatic heterocycles. The van der Waals surface area contributed by atoms with Gasteiger partial charge in [-0.2, -0.15) is 0 Å². The molecule has 2 atom stereocenters. The average Bonchev–Trinajstić information content (AvgIpc) is 2.78. The van der Waals surface area contributed by atoms with Gasteiger partial charge in [-0.15, -0.1) is 0 Å². The largest absolute Gasteiger partial charge is 0.345 e. The lowest BCUT2D eigenvalue weighted by molar-refractivity contribution is -0.0598. The molecule has 0 heterocycles. The summed E-state index contributed by atoms with van der Waals surface area (Å²) >= 11 is 11.5. The van der Waals surface area contributed by atoms with Crippen LogP contribution >= 0.6 is 23.2 Å². The van der Waals surface area contributed by atoms with Crippen LogP contribution in [0, 0.1) is 5.92 Å². The van der Waals surface area contributed by atoms with Crippen LogP contribution in [0.5, 0.6) is 0 Å². The minimum atomic E-state index is -0.393.